The summed E-state index contributed by atoms with van der Waals surface area (Å²) in [4.78, 5) is 29.5. The molecule has 142 valence electrons. The van der Waals surface area contributed by atoms with Gasteiger partial charge in [-0.1, -0.05) is 42.5 Å². The van der Waals surface area contributed by atoms with E-state index in [9.17, 15) is 9.59 Å². The minimum Gasteiger partial charge on any atom is -0.326 e. The predicted molar refractivity (Wildman–Crippen MR) is 115 cm³/mol. The standard InChI is InChI=1S/C24H19N3O2/c1-17(28)26-23-13-6-5-11-20(23)21-15-18(22-12-7-8-14-25-22)16-27(24(21)29)19-9-3-2-4-10-19/h2-16H,1H3,(H,26,28). The van der Waals surface area contributed by atoms with Crippen LogP contribution in [-0.2, 0) is 4.79 Å². The van der Waals surface area contributed by atoms with Crippen LogP contribution in [0.3, 0.4) is 0 Å². The molecule has 1 amide bonds. The summed E-state index contributed by atoms with van der Waals surface area (Å²) >= 11 is 0. The molecular formula is C24H19N3O2. The monoisotopic (exact) mass is 381 g/mol. The molecule has 4 rings (SSSR count). The third-order valence-electron chi connectivity index (χ3n) is 4.54. The van der Waals surface area contributed by atoms with E-state index in [1.807, 2.05) is 72.8 Å². The third-order valence-corrected chi connectivity index (χ3v) is 4.54. The third kappa shape index (κ3) is 3.84. The highest BCUT2D eigenvalue weighted by atomic mass is 16.1. The topological polar surface area (TPSA) is 64.0 Å². The Morgan fingerprint density at radius 3 is 2.34 bits per heavy atom. The molecule has 0 aliphatic rings. The molecule has 0 aliphatic carbocycles. The second kappa shape index (κ2) is 7.94. The number of para-hydroxylation sites is 2. The van der Waals surface area contributed by atoms with Gasteiger partial charge in [-0.15, -0.1) is 0 Å². The number of rotatable bonds is 4. The summed E-state index contributed by atoms with van der Waals surface area (Å²) in [5.74, 6) is -0.193. The van der Waals surface area contributed by atoms with Gasteiger partial charge in [0.1, 0.15) is 0 Å². The lowest BCUT2D eigenvalue weighted by Crippen LogP contribution is -2.20. The average molecular weight is 381 g/mol. The summed E-state index contributed by atoms with van der Waals surface area (Å²) in [6.07, 6.45) is 3.52. The van der Waals surface area contributed by atoms with E-state index in [2.05, 4.69) is 10.3 Å². The summed E-state index contributed by atoms with van der Waals surface area (Å²) in [5, 5.41) is 2.81. The zero-order chi connectivity index (χ0) is 20.2. The number of amides is 1. The van der Waals surface area contributed by atoms with Crippen molar-refractivity contribution in [3.8, 4) is 28.1 Å². The molecule has 0 saturated carbocycles. The Hall–Kier alpha value is -3.99. The van der Waals surface area contributed by atoms with E-state index in [0.717, 1.165) is 16.9 Å². The van der Waals surface area contributed by atoms with Gasteiger partial charge in [0, 0.05) is 41.8 Å². The Balaban J connectivity index is 2.00. The van der Waals surface area contributed by atoms with Crippen LogP contribution in [0.5, 0.6) is 0 Å². The van der Waals surface area contributed by atoms with Gasteiger partial charge in [0.2, 0.25) is 5.91 Å². The predicted octanol–water partition coefficient (Wildman–Crippen LogP) is 4.52. The minimum atomic E-state index is -0.193. The summed E-state index contributed by atoms with van der Waals surface area (Å²) in [7, 11) is 0. The zero-order valence-electron chi connectivity index (χ0n) is 15.9. The molecule has 0 fully saturated rings. The van der Waals surface area contributed by atoms with E-state index < -0.39 is 0 Å². The molecule has 5 heteroatoms. The van der Waals surface area contributed by atoms with Gasteiger partial charge in [0.05, 0.1) is 11.3 Å². The minimum absolute atomic E-state index is 0.173. The maximum Gasteiger partial charge on any atom is 0.263 e. The van der Waals surface area contributed by atoms with Gasteiger partial charge in [0.15, 0.2) is 0 Å². The second-order valence-electron chi connectivity index (χ2n) is 6.59. The van der Waals surface area contributed by atoms with Crippen LogP contribution in [0.2, 0.25) is 0 Å². The number of hydrogen-bond donors (Lipinski definition) is 1. The van der Waals surface area contributed by atoms with Crippen molar-refractivity contribution >= 4 is 11.6 Å². The Bertz CT molecular complexity index is 1220. The first-order valence-corrected chi connectivity index (χ1v) is 9.24. The highest BCUT2D eigenvalue weighted by Gasteiger charge is 2.15. The van der Waals surface area contributed by atoms with Crippen LogP contribution in [0.1, 0.15) is 6.92 Å². The van der Waals surface area contributed by atoms with Crippen LogP contribution < -0.4 is 10.9 Å². The van der Waals surface area contributed by atoms with Crippen LogP contribution in [0, 0.1) is 0 Å². The molecule has 0 unspecified atom stereocenters. The number of nitrogens with one attached hydrogen (secondary N) is 1. The largest absolute Gasteiger partial charge is 0.326 e. The van der Waals surface area contributed by atoms with Crippen LogP contribution in [0.25, 0.3) is 28.1 Å². The van der Waals surface area contributed by atoms with Gasteiger partial charge in [0.25, 0.3) is 5.56 Å². The van der Waals surface area contributed by atoms with E-state index in [4.69, 9.17) is 0 Å². The van der Waals surface area contributed by atoms with E-state index >= 15 is 0 Å². The highest BCUT2D eigenvalue weighted by Crippen LogP contribution is 2.29. The fourth-order valence-electron chi connectivity index (χ4n) is 3.25. The first-order valence-electron chi connectivity index (χ1n) is 9.24. The number of anilines is 1. The van der Waals surface area contributed by atoms with Crippen molar-refractivity contribution < 1.29 is 4.79 Å². The molecule has 5 nitrogen and oxygen atoms in total. The fraction of sp³-hybridized carbons (Fsp3) is 0.0417. The van der Waals surface area contributed by atoms with Crippen molar-refractivity contribution in [3.63, 3.8) is 0 Å². The maximum atomic E-state index is 13.4. The molecule has 4 aromatic rings. The van der Waals surface area contributed by atoms with Crippen LogP contribution in [0.15, 0.2) is 96.1 Å². The Kier molecular flexibility index (Phi) is 5.03. The van der Waals surface area contributed by atoms with Crippen molar-refractivity contribution in [3.05, 3.63) is 102 Å². The smallest absolute Gasteiger partial charge is 0.263 e. The molecule has 29 heavy (non-hydrogen) atoms. The van der Waals surface area contributed by atoms with Crippen molar-refractivity contribution in [1.29, 1.82) is 0 Å². The number of benzene rings is 2. The Morgan fingerprint density at radius 2 is 1.62 bits per heavy atom. The molecule has 0 radical (unpaired) electrons. The molecule has 0 aliphatic heterocycles. The second-order valence-corrected chi connectivity index (χ2v) is 6.59. The lowest BCUT2D eigenvalue weighted by molar-refractivity contribution is -0.114. The van der Waals surface area contributed by atoms with Crippen molar-refractivity contribution in [1.82, 2.24) is 9.55 Å². The van der Waals surface area contributed by atoms with Gasteiger partial charge < -0.3 is 5.32 Å². The van der Waals surface area contributed by atoms with Gasteiger partial charge in [-0.05, 0) is 36.4 Å². The number of carbonyl (C=O) groups is 1. The molecule has 0 spiro atoms. The summed E-state index contributed by atoms with van der Waals surface area (Å²) in [6.45, 7) is 1.45. The molecule has 0 bridgehead atoms. The van der Waals surface area contributed by atoms with E-state index in [1.54, 1.807) is 23.0 Å². The van der Waals surface area contributed by atoms with Crippen molar-refractivity contribution in [2.75, 3.05) is 5.32 Å². The Labute approximate surface area is 168 Å². The van der Waals surface area contributed by atoms with Gasteiger partial charge >= 0.3 is 0 Å². The maximum absolute atomic E-state index is 13.4. The van der Waals surface area contributed by atoms with Crippen LogP contribution in [0.4, 0.5) is 5.69 Å². The number of nitrogens with zero attached hydrogens (tertiary/aromatic N) is 2. The number of pyridine rings is 2. The Morgan fingerprint density at radius 1 is 0.897 bits per heavy atom. The first-order chi connectivity index (χ1) is 14.1. The molecule has 2 heterocycles. The zero-order valence-corrected chi connectivity index (χ0v) is 15.9. The lowest BCUT2D eigenvalue weighted by Gasteiger charge is -2.14. The lowest BCUT2D eigenvalue weighted by atomic mass is 10.0. The highest BCUT2D eigenvalue weighted by molar-refractivity contribution is 5.94. The summed E-state index contributed by atoms with van der Waals surface area (Å²) < 4.78 is 1.61. The number of carbonyl (C=O) groups excluding carboxylic acids is 1. The molecule has 0 atom stereocenters. The molecular weight excluding hydrogens is 362 g/mol. The van der Waals surface area contributed by atoms with Crippen molar-refractivity contribution in [2.24, 2.45) is 0 Å². The van der Waals surface area contributed by atoms with E-state index in [-0.39, 0.29) is 11.5 Å². The summed E-state index contributed by atoms with van der Waals surface area (Å²) in [6, 6.07) is 24.2. The SMILES string of the molecule is CC(=O)Nc1ccccc1-c1cc(-c2ccccn2)cn(-c2ccccc2)c1=O. The summed E-state index contributed by atoms with van der Waals surface area (Å²) in [5.41, 5.74) is 3.89. The number of aromatic nitrogens is 2. The van der Waals surface area contributed by atoms with Gasteiger partial charge in [-0.3, -0.25) is 19.1 Å². The molecule has 2 aromatic carbocycles. The quantitative estimate of drug-likeness (QED) is 0.565. The van der Waals surface area contributed by atoms with Crippen LogP contribution in [-0.4, -0.2) is 15.5 Å². The number of hydrogen-bond acceptors (Lipinski definition) is 3. The average Bonchev–Trinajstić information content (AvgIpc) is 2.75. The van der Waals surface area contributed by atoms with Crippen molar-refractivity contribution in [2.45, 2.75) is 6.92 Å². The van der Waals surface area contributed by atoms with Gasteiger partial charge in [-0.2, -0.15) is 0 Å². The first kappa shape index (κ1) is 18.4. The normalized spacial score (nSPS) is 10.5. The van der Waals surface area contributed by atoms with E-state index in [0.29, 0.717) is 16.8 Å². The molecule has 1 N–H and O–H groups in total. The molecule has 2 aromatic heterocycles. The van der Waals surface area contributed by atoms with Crippen LogP contribution >= 0.6 is 0 Å². The fourth-order valence-corrected chi connectivity index (χ4v) is 3.25. The van der Waals surface area contributed by atoms with Gasteiger partial charge in [-0.25, -0.2) is 0 Å². The molecule has 0 saturated heterocycles. The van der Waals surface area contributed by atoms with E-state index in [1.165, 1.54) is 6.92 Å².